The summed E-state index contributed by atoms with van der Waals surface area (Å²) in [5, 5.41) is 3.45. The van der Waals surface area contributed by atoms with Crippen LogP contribution in [0.3, 0.4) is 0 Å². The average molecular weight is 443 g/mol. The number of carbonyl (C=O) groups excluding carboxylic acids is 1. The normalized spacial score (nSPS) is 16.2. The highest BCUT2D eigenvalue weighted by molar-refractivity contribution is 6.30. The number of hydrogen-bond donors (Lipinski definition) is 1. The Kier molecular flexibility index (Phi) is 7.05. The number of amides is 1. The summed E-state index contributed by atoms with van der Waals surface area (Å²) in [5.74, 6) is 1.56. The molecule has 1 aromatic heterocycles. The number of likely N-dealkylation sites (N-methyl/N-ethyl adjacent to an activating group) is 1. The lowest BCUT2D eigenvalue weighted by Crippen LogP contribution is -2.28. The molecule has 2 aromatic rings. The van der Waals surface area contributed by atoms with Gasteiger partial charge >= 0.3 is 0 Å². The summed E-state index contributed by atoms with van der Waals surface area (Å²) in [6.45, 7) is 5.91. The van der Waals surface area contributed by atoms with Crippen LogP contribution < -0.4 is 10.2 Å². The fourth-order valence-electron chi connectivity index (χ4n) is 4.30. The molecule has 0 atom stereocenters. The quantitative estimate of drug-likeness (QED) is 0.633. The molecule has 3 heterocycles. The molecule has 31 heavy (non-hydrogen) atoms. The number of nitrogens with zero attached hydrogens (tertiary/aromatic N) is 5. The summed E-state index contributed by atoms with van der Waals surface area (Å²) in [6, 6.07) is 7.61. The monoisotopic (exact) mass is 442 g/mol. The molecule has 1 saturated heterocycles. The average Bonchev–Trinajstić information content (AvgIpc) is 3.38. The second kappa shape index (κ2) is 9.94. The molecular weight excluding hydrogens is 412 g/mol. The molecule has 7 nitrogen and oxygen atoms in total. The van der Waals surface area contributed by atoms with Crippen LogP contribution in [0.2, 0.25) is 5.15 Å². The van der Waals surface area contributed by atoms with Crippen LogP contribution in [0.5, 0.6) is 0 Å². The van der Waals surface area contributed by atoms with Crippen molar-refractivity contribution in [2.75, 3.05) is 63.6 Å². The molecule has 0 spiro atoms. The molecule has 166 valence electrons. The first-order valence-corrected chi connectivity index (χ1v) is 11.5. The Bertz CT molecular complexity index is 911. The maximum absolute atomic E-state index is 12.0. The zero-order valence-electron chi connectivity index (χ0n) is 18.4. The fourth-order valence-corrected chi connectivity index (χ4v) is 4.56. The van der Waals surface area contributed by atoms with E-state index in [1.807, 2.05) is 43.3 Å². The van der Waals surface area contributed by atoms with Gasteiger partial charge in [-0.05, 0) is 83.7 Å². The molecule has 2 aliphatic rings. The van der Waals surface area contributed by atoms with Gasteiger partial charge in [-0.15, -0.1) is 0 Å². The lowest BCUT2D eigenvalue weighted by Gasteiger charge is -2.21. The summed E-state index contributed by atoms with van der Waals surface area (Å²) in [4.78, 5) is 28.1. The van der Waals surface area contributed by atoms with Crippen molar-refractivity contribution in [3.63, 3.8) is 0 Å². The minimum atomic E-state index is -0.0425. The van der Waals surface area contributed by atoms with Gasteiger partial charge in [0, 0.05) is 29.9 Å². The highest BCUT2D eigenvalue weighted by Gasteiger charge is 2.25. The number of nitrogens with one attached hydrogen (secondary N) is 1. The van der Waals surface area contributed by atoms with Crippen molar-refractivity contribution in [2.24, 2.45) is 0 Å². The molecular formula is C23H31ClN6O. The third-order valence-corrected chi connectivity index (χ3v) is 6.17. The lowest BCUT2D eigenvalue weighted by molar-refractivity contribution is -0.116. The number of benzene rings is 1. The number of likely N-dealkylation sites (tertiary alicyclic amines) is 1. The van der Waals surface area contributed by atoms with Crippen molar-refractivity contribution in [1.29, 1.82) is 0 Å². The van der Waals surface area contributed by atoms with Gasteiger partial charge in [-0.25, -0.2) is 9.97 Å². The number of halogens is 1. The van der Waals surface area contributed by atoms with Crippen molar-refractivity contribution in [3.8, 4) is 11.4 Å². The van der Waals surface area contributed by atoms with Crippen LogP contribution in [0.4, 0.5) is 11.5 Å². The Hall–Kier alpha value is -2.22. The van der Waals surface area contributed by atoms with Crippen LogP contribution in [-0.4, -0.2) is 79.0 Å². The Morgan fingerprint density at radius 3 is 2.55 bits per heavy atom. The van der Waals surface area contributed by atoms with Gasteiger partial charge in [-0.1, -0.05) is 11.6 Å². The van der Waals surface area contributed by atoms with E-state index >= 15 is 0 Å². The maximum atomic E-state index is 12.0. The highest BCUT2D eigenvalue weighted by Crippen LogP contribution is 2.33. The standard InChI is InChI=1S/C23H31ClN6O/c1-28(2)16-20(31)25-18-8-6-17(7-9-18)22-26-21(24)19-10-15-30(23(19)27-22)14-5-13-29-11-3-4-12-29/h6-9H,3-5,10-16H2,1-2H3,(H,25,31). The second-order valence-electron chi connectivity index (χ2n) is 8.64. The van der Waals surface area contributed by atoms with Crippen LogP contribution in [-0.2, 0) is 11.2 Å². The largest absolute Gasteiger partial charge is 0.356 e. The van der Waals surface area contributed by atoms with Gasteiger partial charge in [0.05, 0.1) is 6.54 Å². The SMILES string of the molecule is CN(C)CC(=O)Nc1ccc(-c2nc(Cl)c3c(n2)N(CCCN2CCCC2)CC3)cc1. The van der Waals surface area contributed by atoms with Crippen molar-refractivity contribution in [2.45, 2.75) is 25.7 Å². The van der Waals surface area contributed by atoms with Crippen LogP contribution in [0, 0.1) is 0 Å². The Morgan fingerprint density at radius 2 is 1.84 bits per heavy atom. The summed E-state index contributed by atoms with van der Waals surface area (Å²) >= 11 is 6.53. The van der Waals surface area contributed by atoms with E-state index in [2.05, 4.69) is 20.1 Å². The van der Waals surface area contributed by atoms with Crippen molar-refractivity contribution >= 4 is 29.0 Å². The highest BCUT2D eigenvalue weighted by atomic mass is 35.5. The molecule has 0 aliphatic carbocycles. The van der Waals surface area contributed by atoms with E-state index in [4.69, 9.17) is 16.6 Å². The first kappa shape index (κ1) is 22.0. The summed E-state index contributed by atoms with van der Waals surface area (Å²) < 4.78 is 0. The van der Waals surface area contributed by atoms with E-state index in [1.165, 1.54) is 25.9 Å². The summed E-state index contributed by atoms with van der Waals surface area (Å²) in [6.07, 6.45) is 4.69. The molecule has 8 heteroatoms. The number of rotatable bonds is 8. The zero-order valence-corrected chi connectivity index (χ0v) is 19.2. The number of carbonyl (C=O) groups is 1. The third kappa shape index (κ3) is 5.53. The van der Waals surface area contributed by atoms with Gasteiger partial charge in [0.15, 0.2) is 5.82 Å². The topological polar surface area (TPSA) is 64.6 Å². The van der Waals surface area contributed by atoms with E-state index < -0.39 is 0 Å². The summed E-state index contributed by atoms with van der Waals surface area (Å²) in [7, 11) is 3.74. The number of anilines is 2. The lowest BCUT2D eigenvalue weighted by atomic mass is 10.2. The minimum Gasteiger partial charge on any atom is -0.356 e. The number of aromatic nitrogens is 2. The van der Waals surface area contributed by atoms with Crippen LogP contribution in [0.25, 0.3) is 11.4 Å². The number of fused-ring (bicyclic) bond motifs is 1. The van der Waals surface area contributed by atoms with E-state index in [0.29, 0.717) is 17.5 Å². The van der Waals surface area contributed by atoms with Gasteiger partial charge in [0.1, 0.15) is 11.0 Å². The molecule has 0 saturated carbocycles. The zero-order chi connectivity index (χ0) is 21.8. The molecule has 1 N–H and O–H groups in total. The number of hydrogen-bond acceptors (Lipinski definition) is 6. The van der Waals surface area contributed by atoms with Crippen LogP contribution >= 0.6 is 11.6 Å². The van der Waals surface area contributed by atoms with Crippen molar-refractivity contribution < 1.29 is 4.79 Å². The molecule has 1 fully saturated rings. The second-order valence-corrected chi connectivity index (χ2v) is 9.00. The molecule has 4 rings (SSSR count). The van der Waals surface area contributed by atoms with Gasteiger partial charge in [0.25, 0.3) is 0 Å². The molecule has 0 bridgehead atoms. The predicted octanol–water partition coefficient (Wildman–Crippen LogP) is 3.15. The molecule has 1 aromatic carbocycles. The first-order valence-electron chi connectivity index (χ1n) is 11.1. The van der Waals surface area contributed by atoms with Gasteiger partial charge < -0.3 is 20.0 Å². The minimum absolute atomic E-state index is 0.0425. The van der Waals surface area contributed by atoms with E-state index in [0.717, 1.165) is 55.1 Å². The molecule has 2 aliphatic heterocycles. The first-order chi connectivity index (χ1) is 15.0. The van der Waals surface area contributed by atoms with E-state index in [1.54, 1.807) is 0 Å². The van der Waals surface area contributed by atoms with Crippen LogP contribution in [0.1, 0.15) is 24.8 Å². The molecule has 1 amide bonds. The van der Waals surface area contributed by atoms with Gasteiger partial charge in [-0.3, -0.25) is 4.79 Å². The van der Waals surface area contributed by atoms with Crippen LogP contribution in [0.15, 0.2) is 24.3 Å². The van der Waals surface area contributed by atoms with E-state index in [-0.39, 0.29) is 5.91 Å². The van der Waals surface area contributed by atoms with E-state index in [9.17, 15) is 4.79 Å². The Labute approximate surface area is 189 Å². The van der Waals surface area contributed by atoms with Gasteiger partial charge in [0.2, 0.25) is 5.91 Å². The van der Waals surface area contributed by atoms with Gasteiger partial charge in [-0.2, -0.15) is 0 Å². The predicted molar refractivity (Wildman–Crippen MR) is 126 cm³/mol. The third-order valence-electron chi connectivity index (χ3n) is 5.85. The summed E-state index contributed by atoms with van der Waals surface area (Å²) in [5.41, 5.74) is 2.70. The van der Waals surface area contributed by atoms with Crippen molar-refractivity contribution in [1.82, 2.24) is 19.8 Å². The maximum Gasteiger partial charge on any atom is 0.238 e. The fraction of sp³-hybridized carbons (Fsp3) is 0.522. The molecule has 0 unspecified atom stereocenters. The Morgan fingerprint density at radius 1 is 1.10 bits per heavy atom. The Balaban J connectivity index is 1.43. The van der Waals surface area contributed by atoms with Crippen molar-refractivity contribution in [3.05, 3.63) is 35.0 Å². The molecule has 0 radical (unpaired) electrons. The smallest absolute Gasteiger partial charge is 0.238 e.